The molecule has 0 amide bonds. The summed E-state index contributed by atoms with van der Waals surface area (Å²) >= 11 is 0. The smallest absolute Gasteiger partial charge is 0.247 e. The molecule has 0 bridgehead atoms. The molecule has 7 nitrogen and oxygen atoms in total. The number of ketones is 1. The third-order valence-corrected chi connectivity index (χ3v) is 6.23. The Hall–Kier alpha value is -3.74. The number of rotatable bonds is 10. The molecule has 7 heteroatoms. The van der Waals surface area contributed by atoms with E-state index in [1.165, 1.54) is 7.11 Å². The third kappa shape index (κ3) is 5.90. The zero-order valence-corrected chi connectivity index (χ0v) is 22.4. The maximum Gasteiger partial charge on any atom is 0.247 e. The van der Waals surface area contributed by atoms with Crippen molar-refractivity contribution in [3.8, 4) is 0 Å². The predicted octanol–water partition coefficient (Wildman–Crippen LogP) is 6.22. The van der Waals surface area contributed by atoms with Crippen LogP contribution in [0, 0.1) is 0 Å². The molecule has 0 radical (unpaired) electrons. The Morgan fingerprint density at radius 3 is 1.83 bits per heavy atom. The molecule has 0 heterocycles. The second-order valence-electron chi connectivity index (χ2n) is 9.21. The van der Waals surface area contributed by atoms with E-state index in [1.54, 1.807) is 6.08 Å². The zero-order chi connectivity index (χ0) is 26.4. The Labute approximate surface area is 214 Å². The van der Waals surface area contributed by atoms with Gasteiger partial charge in [0.2, 0.25) is 11.5 Å². The zero-order valence-electron chi connectivity index (χ0n) is 22.4. The lowest BCUT2D eigenvalue weighted by molar-refractivity contribution is -0.115. The molecule has 1 aliphatic carbocycles. The first-order valence-corrected chi connectivity index (χ1v) is 12.5. The summed E-state index contributed by atoms with van der Waals surface area (Å²) in [4.78, 5) is 22.1. The second kappa shape index (κ2) is 11.8. The standard InChI is InChI=1S/C29H38N4O3/c1-8-32(19(3)4)23-14-10-21(11-15-23)30-25-18-26(28(35)29(36-7)27(25)34)31-22-12-16-24(17-13-22)33(9-2)20(5)6/h10-20,30,35H,8-9H2,1-7H3. The van der Waals surface area contributed by atoms with Crippen LogP contribution < -0.4 is 15.1 Å². The van der Waals surface area contributed by atoms with Gasteiger partial charge in [0, 0.05) is 42.2 Å². The average molecular weight is 491 g/mol. The molecule has 0 fully saturated rings. The van der Waals surface area contributed by atoms with E-state index in [4.69, 9.17) is 4.74 Å². The third-order valence-electron chi connectivity index (χ3n) is 6.23. The number of carbonyl (C=O) groups excluding carboxylic acids is 1. The fourth-order valence-electron chi connectivity index (χ4n) is 4.43. The van der Waals surface area contributed by atoms with Gasteiger partial charge in [-0.05, 0) is 96.1 Å². The highest BCUT2D eigenvalue weighted by Gasteiger charge is 2.29. The SMILES string of the molecule is CCN(c1ccc(N=C2C=C(Nc3ccc(N(CC)C(C)C)cc3)C(=O)C(OC)=C2O)cc1)C(C)C. The van der Waals surface area contributed by atoms with Gasteiger partial charge in [-0.1, -0.05) is 0 Å². The van der Waals surface area contributed by atoms with Crippen molar-refractivity contribution in [2.24, 2.45) is 4.99 Å². The Kier molecular flexibility index (Phi) is 8.80. The number of aliphatic hydroxyl groups excluding tert-OH is 1. The number of nitrogens with one attached hydrogen (secondary N) is 1. The summed E-state index contributed by atoms with van der Waals surface area (Å²) in [6.45, 7) is 14.7. The summed E-state index contributed by atoms with van der Waals surface area (Å²) < 4.78 is 5.24. The van der Waals surface area contributed by atoms with Crippen LogP contribution in [-0.4, -0.2) is 48.9 Å². The number of carbonyl (C=O) groups is 1. The molecule has 192 valence electrons. The predicted molar refractivity (Wildman–Crippen MR) is 150 cm³/mol. The summed E-state index contributed by atoms with van der Waals surface area (Å²) in [5.41, 5.74) is 4.17. The fourth-order valence-corrected chi connectivity index (χ4v) is 4.43. The number of ether oxygens (including phenoxy) is 1. The highest BCUT2D eigenvalue weighted by Crippen LogP contribution is 2.27. The van der Waals surface area contributed by atoms with E-state index < -0.39 is 5.78 Å². The average Bonchev–Trinajstić information content (AvgIpc) is 2.85. The Morgan fingerprint density at radius 1 is 0.889 bits per heavy atom. The molecule has 0 unspecified atom stereocenters. The van der Waals surface area contributed by atoms with Gasteiger partial charge in [-0.3, -0.25) is 4.79 Å². The summed E-state index contributed by atoms with van der Waals surface area (Å²) in [5.74, 6) is -0.845. The van der Waals surface area contributed by atoms with E-state index in [9.17, 15) is 9.90 Å². The minimum absolute atomic E-state index is 0.138. The van der Waals surface area contributed by atoms with Gasteiger partial charge in [-0.2, -0.15) is 0 Å². The maximum atomic E-state index is 13.0. The Balaban J connectivity index is 1.89. The molecule has 0 saturated carbocycles. The molecular weight excluding hydrogens is 452 g/mol. The topological polar surface area (TPSA) is 77.4 Å². The van der Waals surface area contributed by atoms with E-state index >= 15 is 0 Å². The summed E-state index contributed by atoms with van der Waals surface area (Å²) in [6.07, 6.45) is 1.56. The number of Topliss-reactive ketones (excluding diaryl/α,β-unsaturated/α-hetero) is 1. The molecule has 0 aromatic heterocycles. The lowest BCUT2D eigenvalue weighted by atomic mass is 10.0. The molecule has 1 aliphatic rings. The van der Waals surface area contributed by atoms with Gasteiger partial charge < -0.3 is 25.0 Å². The monoisotopic (exact) mass is 490 g/mol. The minimum atomic E-state index is -0.429. The van der Waals surface area contributed by atoms with Crippen molar-refractivity contribution in [3.63, 3.8) is 0 Å². The Morgan fingerprint density at radius 2 is 1.39 bits per heavy atom. The van der Waals surface area contributed by atoms with Crippen molar-refractivity contribution in [2.75, 3.05) is 35.3 Å². The van der Waals surface area contributed by atoms with E-state index in [1.807, 2.05) is 48.5 Å². The number of hydrogen-bond acceptors (Lipinski definition) is 7. The van der Waals surface area contributed by atoms with Crippen LogP contribution in [0.3, 0.4) is 0 Å². The number of allylic oxidation sites excluding steroid dienone is 1. The van der Waals surface area contributed by atoms with Crippen molar-refractivity contribution < 1.29 is 14.6 Å². The van der Waals surface area contributed by atoms with Gasteiger partial charge in [0.15, 0.2) is 5.76 Å². The first-order valence-electron chi connectivity index (χ1n) is 12.5. The number of benzene rings is 2. The van der Waals surface area contributed by atoms with Gasteiger partial charge in [0.05, 0.1) is 18.5 Å². The summed E-state index contributed by atoms with van der Waals surface area (Å²) in [5, 5.41) is 13.9. The van der Waals surface area contributed by atoms with Crippen molar-refractivity contribution in [3.05, 3.63) is 71.8 Å². The summed E-state index contributed by atoms with van der Waals surface area (Å²) in [7, 11) is 1.37. The number of hydrogen-bond donors (Lipinski definition) is 2. The maximum absolute atomic E-state index is 13.0. The second-order valence-corrected chi connectivity index (χ2v) is 9.21. The van der Waals surface area contributed by atoms with Crippen LogP contribution in [0.1, 0.15) is 41.5 Å². The lowest BCUT2D eigenvalue weighted by Crippen LogP contribution is -2.30. The minimum Gasteiger partial charge on any atom is -0.503 e. The van der Waals surface area contributed by atoms with Crippen LogP contribution in [0.5, 0.6) is 0 Å². The van der Waals surface area contributed by atoms with Gasteiger partial charge in [-0.15, -0.1) is 0 Å². The van der Waals surface area contributed by atoms with Crippen molar-refractivity contribution in [2.45, 2.75) is 53.6 Å². The number of nitrogens with zero attached hydrogens (tertiary/aromatic N) is 3. The highest BCUT2D eigenvalue weighted by molar-refractivity contribution is 6.24. The van der Waals surface area contributed by atoms with Gasteiger partial charge in [0.25, 0.3) is 0 Å². The number of aliphatic imine (C=N–C) groups is 1. The normalized spacial score (nSPS) is 15.0. The molecular formula is C29H38N4O3. The van der Waals surface area contributed by atoms with Gasteiger partial charge >= 0.3 is 0 Å². The van der Waals surface area contributed by atoms with Crippen LogP contribution in [0.15, 0.2) is 76.8 Å². The first-order chi connectivity index (χ1) is 17.2. The quantitative estimate of drug-likeness (QED) is 0.385. The van der Waals surface area contributed by atoms with Crippen LogP contribution >= 0.6 is 0 Å². The highest BCUT2D eigenvalue weighted by atomic mass is 16.5. The van der Waals surface area contributed by atoms with E-state index in [0.29, 0.717) is 17.8 Å². The Bertz CT molecular complexity index is 1150. The molecule has 0 atom stereocenters. The molecule has 2 aromatic carbocycles. The van der Waals surface area contributed by atoms with Gasteiger partial charge in [0.1, 0.15) is 5.71 Å². The molecule has 0 aliphatic heterocycles. The van der Waals surface area contributed by atoms with E-state index in [-0.39, 0.29) is 22.9 Å². The molecule has 2 N–H and O–H groups in total. The van der Waals surface area contributed by atoms with E-state index in [0.717, 1.165) is 30.2 Å². The lowest BCUT2D eigenvalue weighted by Gasteiger charge is -2.27. The first kappa shape index (κ1) is 26.9. The van der Waals surface area contributed by atoms with Crippen molar-refractivity contribution in [1.29, 1.82) is 0 Å². The largest absolute Gasteiger partial charge is 0.503 e. The van der Waals surface area contributed by atoms with E-state index in [2.05, 4.69) is 61.7 Å². The number of aliphatic hydroxyl groups is 1. The number of anilines is 3. The molecule has 0 spiro atoms. The molecule has 3 rings (SSSR count). The van der Waals surface area contributed by atoms with Crippen LogP contribution in [0.2, 0.25) is 0 Å². The number of methoxy groups -OCH3 is 1. The van der Waals surface area contributed by atoms with Crippen molar-refractivity contribution in [1.82, 2.24) is 0 Å². The summed E-state index contributed by atoms with van der Waals surface area (Å²) in [6, 6.07) is 16.5. The van der Waals surface area contributed by atoms with Gasteiger partial charge in [-0.25, -0.2) is 4.99 Å². The fraction of sp³-hybridized carbons (Fsp3) is 0.379. The van der Waals surface area contributed by atoms with Crippen LogP contribution in [0.25, 0.3) is 0 Å². The molecule has 2 aromatic rings. The molecule has 36 heavy (non-hydrogen) atoms. The van der Waals surface area contributed by atoms with Crippen molar-refractivity contribution >= 4 is 34.2 Å². The van der Waals surface area contributed by atoms with Crippen LogP contribution in [-0.2, 0) is 9.53 Å². The van der Waals surface area contributed by atoms with Crippen LogP contribution in [0.4, 0.5) is 22.7 Å². The molecule has 0 saturated heterocycles.